The molecule has 0 aliphatic heterocycles. The highest BCUT2D eigenvalue weighted by Crippen LogP contribution is 2.16. The van der Waals surface area contributed by atoms with Crippen molar-refractivity contribution in [2.45, 2.75) is 13.3 Å². The van der Waals surface area contributed by atoms with E-state index in [-0.39, 0.29) is 11.6 Å². The SMILES string of the molecule is CCOc1ccc(NC(=O)c2ccnc(NCCc3ccc(Cl)cc3)n2)cc1. The number of nitrogens with zero attached hydrogens (tertiary/aromatic N) is 2. The first-order valence-corrected chi connectivity index (χ1v) is 9.37. The predicted octanol–water partition coefficient (Wildman–Crippen LogP) is 4.44. The van der Waals surface area contributed by atoms with Crippen molar-refractivity contribution >= 4 is 29.1 Å². The minimum Gasteiger partial charge on any atom is -0.494 e. The van der Waals surface area contributed by atoms with Crippen LogP contribution in [0, 0.1) is 0 Å². The maximum absolute atomic E-state index is 12.4. The molecule has 1 amide bonds. The Kier molecular flexibility index (Phi) is 6.81. The Hall–Kier alpha value is -3.12. The predicted molar refractivity (Wildman–Crippen MR) is 111 cm³/mol. The molecule has 144 valence electrons. The van der Waals surface area contributed by atoms with Crippen molar-refractivity contribution in [3.05, 3.63) is 77.1 Å². The number of nitrogens with one attached hydrogen (secondary N) is 2. The van der Waals surface area contributed by atoms with Crippen molar-refractivity contribution in [3.8, 4) is 5.75 Å². The van der Waals surface area contributed by atoms with E-state index in [4.69, 9.17) is 16.3 Å². The molecule has 0 unspecified atom stereocenters. The zero-order chi connectivity index (χ0) is 19.8. The van der Waals surface area contributed by atoms with E-state index in [9.17, 15) is 4.79 Å². The Morgan fingerprint density at radius 1 is 1.07 bits per heavy atom. The molecule has 0 spiro atoms. The normalized spacial score (nSPS) is 10.4. The number of carbonyl (C=O) groups excluding carboxylic acids is 1. The molecule has 0 radical (unpaired) electrons. The summed E-state index contributed by atoms with van der Waals surface area (Å²) < 4.78 is 5.39. The third-order valence-electron chi connectivity index (χ3n) is 3.92. The number of amides is 1. The molecule has 0 fully saturated rings. The minimum absolute atomic E-state index is 0.290. The quantitative estimate of drug-likeness (QED) is 0.588. The lowest BCUT2D eigenvalue weighted by Crippen LogP contribution is -2.16. The summed E-state index contributed by atoms with van der Waals surface area (Å²) in [5, 5.41) is 6.67. The van der Waals surface area contributed by atoms with Gasteiger partial charge >= 0.3 is 0 Å². The first-order valence-electron chi connectivity index (χ1n) is 8.99. The second kappa shape index (κ2) is 9.71. The number of ether oxygens (including phenoxy) is 1. The van der Waals surface area contributed by atoms with Gasteiger partial charge in [0.2, 0.25) is 5.95 Å². The molecule has 28 heavy (non-hydrogen) atoms. The van der Waals surface area contributed by atoms with Crippen molar-refractivity contribution in [1.29, 1.82) is 0 Å². The molecule has 0 saturated carbocycles. The minimum atomic E-state index is -0.299. The molecule has 0 aliphatic rings. The summed E-state index contributed by atoms with van der Waals surface area (Å²) >= 11 is 5.89. The molecule has 0 aliphatic carbocycles. The van der Waals surface area contributed by atoms with Gasteiger partial charge in [0, 0.05) is 23.5 Å². The van der Waals surface area contributed by atoms with Crippen LogP contribution in [-0.2, 0) is 6.42 Å². The summed E-state index contributed by atoms with van der Waals surface area (Å²) in [7, 11) is 0. The molecular weight excluding hydrogens is 376 g/mol. The average Bonchev–Trinajstić information content (AvgIpc) is 2.71. The van der Waals surface area contributed by atoms with Gasteiger partial charge in [-0.3, -0.25) is 4.79 Å². The first kappa shape index (κ1) is 19.6. The molecule has 0 bridgehead atoms. The van der Waals surface area contributed by atoms with Crippen molar-refractivity contribution in [2.24, 2.45) is 0 Å². The standard InChI is InChI=1S/C21H21ClN4O2/c1-2-28-18-9-7-17(8-10-18)25-20(27)19-12-14-24-21(26-19)23-13-11-15-3-5-16(22)6-4-15/h3-10,12,14H,2,11,13H2,1H3,(H,25,27)(H,23,24,26). The summed E-state index contributed by atoms with van der Waals surface area (Å²) in [5.41, 5.74) is 2.11. The van der Waals surface area contributed by atoms with E-state index in [0.717, 1.165) is 17.7 Å². The number of hydrogen-bond acceptors (Lipinski definition) is 5. The molecule has 3 aromatic rings. The monoisotopic (exact) mass is 396 g/mol. The van der Waals surface area contributed by atoms with Crippen LogP contribution in [0.5, 0.6) is 5.75 Å². The third-order valence-corrected chi connectivity index (χ3v) is 4.17. The van der Waals surface area contributed by atoms with E-state index in [1.54, 1.807) is 24.4 Å². The van der Waals surface area contributed by atoms with Gasteiger partial charge in [-0.25, -0.2) is 9.97 Å². The first-order chi connectivity index (χ1) is 13.6. The van der Waals surface area contributed by atoms with Gasteiger partial charge in [-0.2, -0.15) is 0 Å². The van der Waals surface area contributed by atoms with Gasteiger partial charge in [-0.15, -0.1) is 0 Å². The van der Waals surface area contributed by atoms with E-state index in [1.807, 2.05) is 43.3 Å². The molecule has 6 nitrogen and oxygen atoms in total. The molecule has 1 aromatic heterocycles. The fourth-order valence-corrected chi connectivity index (χ4v) is 2.66. The Morgan fingerprint density at radius 3 is 2.54 bits per heavy atom. The molecule has 7 heteroatoms. The zero-order valence-corrected chi connectivity index (χ0v) is 16.2. The topological polar surface area (TPSA) is 76.1 Å². The largest absolute Gasteiger partial charge is 0.494 e. The van der Waals surface area contributed by atoms with Gasteiger partial charge < -0.3 is 15.4 Å². The Morgan fingerprint density at radius 2 is 1.82 bits per heavy atom. The number of hydrogen-bond donors (Lipinski definition) is 2. The number of aromatic nitrogens is 2. The molecule has 1 heterocycles. The summed E-state index contributed by atoms with van der Waals surface area (Å²) in [6, 6.07) is 16.4. The molecule has 0 saturated heterocycles. The number of halogens is 1. The average molecular weight is 397 g/mol. The molecule has 2 aromatic carbocycles. The number of carbonyl (C=O) groups is 1. The van der Waals surface area contributed by atoms with E-state index in [1.165, 1.54) is 0 Å². The fourth-order valence-electron chi connectivity index (χ4n) is 2.54. The van der Waals surface area contributed by atoms with E-state index >= 15 is 0 Å². The second-order valence-corrected chi connectivity index (χ2v) is 6.42. The maximum atomic E-state index is 12.4. The summed E-state index contributed by atoms with van der Waals surface area (Å²) in [5.74, 6) is 0.871. The van der Waals surface area contributed by atoms with Crippen molar-refractivity contribution in [3.63, 3.8) is 0 Å². The van der Waals surface area contributed by atoms with Gasteiger partial charge in [-0.05, 0) is 61.4 Å². The molecule has 2 N–H and O–H groups in total. The van der Waals surface area contributed by atoms with E-state index in [2.05, 4.69) is 20.6 Å². The molecular formula is C21H21ClN4O2. The van der Waals surface area contributed by atoms with Gasteiger partial charge in [0.15, 0.2) is 0 Å². The fraction of sp³-hybridized carbons (Fsp3) is 0.190. The summed E-state index contributed by atoms with van der Waals surface area (Å²) in [4.78, 5) is 20.9. The Bertz CT molecular complexity index is 914. The highest BCUT2D eigenvalue weighted by Gasteiger charge is 2.09. The van der Waals surface area contributed by atoms with Crippen LogP contribution in [0.1, 0.15) is 23.0 Å². The van der Waals surface area contributed by atoms with Gasteiger partial charge in [0.1, 0.15) is 11.4 Å². The maximum Gasteiger partial charge on any atom is 0.274 e. The van der Waals surface area contributed by atoms with Crippen LogP contribution >= 0.6 is 11.6 Å². The smallest absolute Gasteiger partial charge is 0.274 e. The van der Waals surface area contributed by atoms with E-state index in [0.29, 0.717) is 29.8 Å². The van der Waals surface area contributed by atoms with Crippen LogP contribution in [0.15, 0.2) is 60.8 Å². The Balaban J connectivity index is 1.55. The lowest BCUT2D eigenvalue weighted by molar-refractivity contribution is 0.102. The Labute approximate surface area is 168 Å². The van der Waals surface area contributed by atoms with Gasteiger partial charge in [0.05, 0.1) is 6.61 Å². The highest BCUT2D eigenvalue weighted by molar-refractivity contribution is 6.30. The van der Waals surface area contributed by atoms with Gasteiger partial charge in [0.25, 0.3) is 5.91 Å². The lowest BCUT2D eigenvalue weighted by Gasteiger charge is -2.08. The lowest BCUT2D eigenvalue weighted by atomic mass is 10.1. The van der Waals surface area contributed by atoms with E-state index < -0.39 is 0 Å². The van der Waals surface area contributed by atoms with Crippen LogP contribution in [-0.4, -0.2) is 29.0 Å². The van der Waals surface area contributed by atoms with Gasteiger partial charge in [-0.1, -0.05) is 23.7 Å². The summed E-state index contributed by atoms with van der Waals surface area (Å²) in [6.45, 7) is 3.16. The van der Waals surface area contributed by atoms with Crippen molar-refractivity contribution in [2.75, 3.05) is 23.8 Å². The molecule has 3 rings (SSSR count). The summed E-state index contributed by atoms with van der Waals surface area (Å²) in [6.07, 6.45) is 2.36. The van der Waals surface area contributed by atoms with Crippen LogP contribution in [0.25, 0.3) is 0 Å². The highest BCUT2D eigenvalue weighted by atomic mass is 35.5. The van der Waals surface area contributed by atoms with Crippen LogP contribution in [0.2, 0.25) is 5.02 Å². The second-order valence-electron chi connectivity index (χ2n) is 5.98. The third kappa shape index (κ3) is 5.69. The van der Waals surface area contributed by atoms with Crippen molar-refractivity contribution in [1.82, 2.24) is 9.97 Å². The van der Waals surface area contributed by atoms with Crippen LogP contribution < -0.4 is 15.4 Å². The van der Waals surface area contributed by atoms with Crippen molar-refractivity contribution < 1.29 is 9.53 Å². The van der Waals surface area contributed by atoms with Crippen LogP contribution in [0.3, 0.4) is 0 Å². The number of rotatable bonds is 8. The van der Waals surface area contributed by atoms with Crippen LogP contribution in [0.4, 0.5) is 11.6 Å². The number of anilines is 2. The molecule has 0 atom stereocenters. The zero-order valence-electron chi connectivity index (χ0n) is 15.5. The number of benzene rings is 2.